The van der Waals surface area contributed by atoms with Crippen LogP contribution < -0.4 is 5.32 Å². The third kappa shape index (κ3) is 3.61. The van der Waals surface area contributed by atoms with Gasteiger partial charge in [0.2, 0.25) is 0 Å². The lowest BCUT2D eigenvalue weighted by molar-refractivity contribution is 0.0692. The molecule has 3 nitrogen and oxygen atoms in total. The molecule has 1 N–H and O–H groups in total. The molecule has 1 aromatic carbocycles. The Labute approximate surface area is 132 Å². The van der Waals surface area contributed by atoms with Gasteiger partial charge in [-0.15, -0.1) is 0 Å². The van der Waals surface area contributed by atoms with Gasteiger partial charge in [-0.2, -0.15) is 0 Å². The summed E-state index contributed by atoms with van der Waals surface area (Å²) in [6.07, 6.45) is 2.02. The van der Waals surface area contributed by atoms with Crippen LogP contribution in [-0.2, 0) is 0 Å². The molecule has 1 saturated heterocycles. The Hall–Kier alpha value is -0.330. The molecule has 1 aromatic rings. The summed E-state index contributed by atoms with van der Waals surface area (Å²) in [5.74, 6) is 0.116. The first kappa shape index (κ1) is 15.1. The maximum absolute atomic E-state index is 12.6. The first-order valence-corrected chi connectivity index (χ1v) is 8.06. The van der Waals surface area contributed by atoms with Crippen LogP contribution in [-0.4, -0.2) is 36.5 Å². The Kier molecular flexibility index (Phi) is 5.47. The predicted molar refractivity (Wildman–Crippen MR) is 86.8 cm³/mol. The molecule has 104 valence electrons. The van der Waals surface area contributed by atoms with E-state index in [4.69, 9.17) is 11.6 Å². The summed E-state index contributed by atoms with van der Waals surface area (Å²) in [6, 6.07) is 5.81. The smallest absolute Gasteiger partial charge is 0.254 e. The lowest BCUT2D eigenvalue weighted by Gasteiger charge is -2.28. The molecule has 0 aromatic heterocycles. The molecule has 0 bridgehead atoms. The molecule has 0 saturated carbocycles. The molecule has 19 heavy (non-hydrogen) atoms. The van der Waals surface area contributed by atoms with Crippen molar-refractivity contribution in [2.45, 2.75) is 25.8 Å². The minimum atomic E-state index is 0.116. The molecule has 0 spiro atoms. The number of carbonyl (C=O) groups excluding carboxylic acids is 1. The summed E-state index contributed by atoms with van der Waals surface area (Å²) < 4.78 is 0.922. The van der Waals surface area contributed by atoms with Gasteiger partial charge in [0, 0.05) is 28.3 Å². The fourth-order valence-corrected chi connectivity index (χ4v) is 3.02. The van der Waals surface area contributed by atoms with E-state index in [1.807, 2.05) is 17.0 Å². The van der Waals surface area contributed by atoms with E-state index < -0.39 is 0 Å². The number of nitrogens with one attached hydrogen (secondary N) is 1. The second kappa shape index (κ2) is 6.90. The SMILES string of the molecule is CCCN(C(=O)c1ccc(Cl)c(I)c1)C1CCNC1. The molecule has 5 heteroatoms. The maximum atomic E-state index is 12.6. The van der Waals surface area contributed by atoms with Crippen LogP contribution in [0.2, 0.25) is 5.02 Å². The van der Waals surface area contributed by atoms with Gasteiger partial charge in [-0.1, -0.05) is 18.5 Å². The fourth-order valence-electron chi connectivity index (χ4n) is 2.39. The Morgan fingerprint density at radius 1 is 1.58 bits per heavy atom. The zero-order valence-corrected chi connectivity index (χ0v) is 13.9. The highest BCUT2D eigenvalue weighted by Gasteiger charge is 2.26. The van der Waals surface area contributed by atoms with Crippen molar-refractivity contribution < 1.29 is 4.79 Å². The van der Waals surface area contributed by atoms with Gasteiger partial charge < -0.3 is 10.2 Å². The third-order valence-corrected chi connectivity index (χ3v) is 4.91. The van der Waals surface area contributed by atoms with Crippen molar-refractivity contribution in [3.05, 3.63) is 32.4 Å². The van der Waals surface area contributed by atoms with Crippen LogP contribution in [0, 0.1) is 3.57 Å². The van der Waals surface area contributed by atoms with Gasteiger partial charge in [0.1, 0.15) is 0 Å². The van der Waals surface area contributed by atoms with Crippen molar-refractivity contribution in [1.29, 1.82) is 0 Å². The molecule has 0 aliphatic carbocycles. The van der Waals surface area contributed by atoms with Gasteiger partial charge in [-0.25, -0.2) is 0 Å². The molecule has 1 amide bonds. The highest BCUT2D eigenvalue weighted by Crippen LogP contribution is 2.21. The molecule has 1 fully saturated rings. The van der Waals surface area contributed by atoms with Gasteiger partial charge in [0.05, 0.1) is 5.02 Å². The van der Waals surface area contributed by atoms with Crippen LogP contribution >= 0.6 is 34.2 Å². The molecule has 1 aliphatic heterocycles. The Balaban J connectivity index is 2.20. The average Bonchev–Trinajstić information content (AvgIpc) is 2.92. The average molecular weight is 393 g/mol. The fraction of sp³-hybridized carbons (Fsp3) is 0.500. The predicted octanol–water partition coefficient (Wildman–Crippen LogP) is 3.16. The second-order valence-corrected chi connectivity index (χ2v) is 6.34. The maximum Gasteiger partial charge on any atom is 0.254 e. The summed E-state index contributed by atoms with van der Waals surface area (Å²) in [7, 11) is 0. The van der Waals surface area contributed by atoms with Gasteiger partial charge in [-0.05, 0) is 60.2 Å². The molecular formula is C14H18ClIN2O. The van der Waals surface area contributed by atoms with E-state index in [2.05, 4.69) is 34.8 Å². The number of rotatable bonds is 4. The summed E-state index contributed by atoms with van der Waals surface area (Å²) in [4.78, 5) is 14.6. The Morgan fingerprint density at radius 2 is 2.37 bits per heavy atom. The quantitative estimate of drug-likeness (QED) is 0.798. The zero-order chi connectivity index (χ0) is 13.8. The normalized spacial score (nSPS) is 18.6. The molecule has 1 atom stereocenters. The highest BCUT2D eigenvalue weighted by molar-refractivity contribution is 14.1. The van der Waals surface area contributed by atoms with E-state index in [1.54, 1.807) is 6.07 Å². The molecule has 1 heterocycles. The number of hydrogen-bond donors (Lipinski definition) is 1. The zero-order valence-electron chi connectivity index (χ0n) is 11.0. The third-order valence-electron chi connectivity index (χ3n) is 3.37. The molecule has 2 rings (SSSR count). The topological polar surface area (TPSA) is 32.3 Å². The van der Waals surface area contributed by atoms with Gasteiger partial charge in [-0.3, -0.25) is 4.79 Å². The molecule has 1 unspecified atom stereocenters. The summed E-state index contributed by atoms with van der Waals surface area (Å²) >= 11 is 8.17. The summed E-state index contributed by atoms with van der Waals surface area (Å²) in [6.45, 7) is 4.81. The van der Waals surface area contributed by atoms with E-state index >= 15 is 0 Å². The van der Waals surface area contributed by atoms with Crippen LogP contribution in [0.4, 0.5) is 0 Å². The van der Waals surface area contributed by atoms with E-state index in [0.29, 0.717) is 11.1 Å². The Bertz CT molecular complexity index is 461. The van der Waals surface area contributed by atoms with Crippen molar-refractivity contribution in [3.8, 4) is 0 Å². The summed E-state index contributed by atoms with van der Waals surface area (Å²) in [5.41, 5.74) is 0.731. The first-order valence-electron chi connectivity index (χ1n) is 6.60. The largest absolute Gasteiger partial charge is 0.334 e. The highest BCUT2D eigenvalue weighted by atomic mass is 127. The van der Waals surface area contributed by atoms with Crippen LogP contribution in [0.25, 0.3) is 0 Å². The van der Waals surface area contributed by atoms with Crippen LogP contribution in [0.15, 0.2) is 18.2 Å². The van der Waals surface area contributed by atoms with E-state index in [9.17, 15) is 4.79 Å². The van der Waals surface area contributed by atoms with E-state index in [-0.39, 0.29) is 5.91 Å². The van der Waals surface area contributed by atoms with Crippen LogP contribution in [0.1, 0.15) is 30.1 Å². The molecule has 1 aliphatic rings. The van der Waals surface area contributed by atoms with Crippen molar-refractivity contribution in [2.75, 3.05) is 19.6 Å². The van der Waals surface area contributed by atoms with Gasteiger partial charge >= 0.3 is 0 Å². The van der Waals surface area contributed by atoms with Crippen molar-refractivity contribution in [3.63, 3.8) is 0 Å². The lowest BCUT2D eigenvalue weighted by atomic mass is 10.1. The van der Waals surface area contributed by atoms with E-state index in [1.165, 1.54) is 0 Å². The number of carbonyl (C=O) groups is 1. The van der Waals surface area contributed by atoms with Crippen LogP contribution in [0.3, 0.4) is 0 Å². The number of nitrogens with zero attached hydrogens (tertiary/aromatic N) is 1. The number of halogens is 2. The number of amides is 1. The standard InChI is InChI=1S/C14H18ClIN2O/c1-2-7-18(11-5-6-17-9-11)14(19)10-3-4-12(15)13(16)8-10/h3-4,8,11,17H,2,5-7,9H2,1H3. The minimum Gasteiger partial charge on any atom is -0.334 e. The monoisotopic (exact) mass is 392 g/mol. The van der Waals surface area contributed by atoms with Crippen molar-refractivity contribution in [1.82, 2.24) is 10.2 Å². The Morgan fingerprint density at radius 3 is 2.95 bits per heavy atom. The lowest BCUT2D eigenvalue weighted by Crippen LogP contribution is -2.42. The second-order valence-electron chi connectivity index (χ2n) is 4.77. The van der Waals surface area contributed by atoms with Crippen molar-refractivity contribution >= 4 is 40.1 Å². The van der Waals surface area contributed by atoms with Crippen LogP contribution in [0.5, 0.6) is 0 Å². The van der Waals surface area contributed by atoms with Crippen molar-refractivity contribution in [2.24, 2.45) is 0 Å². The minimum absolute atomic E-state index is 0.116. The summed E-state index contributed by atoms with van der Waals surface area (Å²) in [5, 5.41) is 4.02. The number of hydrogen-bond acceptors (Lipinski definition) is 2. The number of benzene rings is 1. The van der Waals surface area contributed by atoms with E-state index in [0.717, 1.165) is 41.6 Å². The molecular weight excluding hydrogens is 375 g/mol. The van der Waals surface area contributed by atoms with Gasteiger partial charge in [0.25, 0.3) is 5.91 Å². The molecule has 0 radical (unpaired) electrons. The van der Waals surface area contributed by atoms with Gasteiger partial charge in [0.15, 0.2) is 0 Å². The first-order chi connectivity index (χ1) is 9.13.